The van der Waals surface area contributed by atoms with Crippen molar-refractivity contribution in [2.45, 2.75) is 19.8 Å². The van der Waals surface area contributed by atoms with Crippen LogP contribution in [0.2, 0.25) is 0 Å². The van der Waals surface area contributed by atoms with Crippen LogP contribution in [0.4, 0.5) is 0 Å². The first kappa shape index (κ1) is 13.1. The molecule has 2 rings (SSSR count). The number of aromatic nitrogens is 1. The fourth-order valence-electron chi connectivity index (χ4n) is 1.78. The van der Waals surface area contributed by atoms with Gasteiger partial charge in [0.05, 0.1) is 12.7 Å². The Balaban J connectivity index is 2.51. The van der Waals surface area contributed by atoms with Crippen LogP contribution in [-0.2, 0) is 0 Å². The van der Waals surface area contributed by atoms with E-state index in [0.29, 0.717) is 23.0 Å². The van der Waals surface area contributed by atoms with Crippen LogP contribution in [0.15, 0.2) is 28.8 Å². The van der Waals surface area contributed by atoms with Gasteiger partial charge in [0.1, 0.15) is 5.75 Å². The molecule has 5 heteroatoms. The molecule has 0 aliphatic carbocycles. The van der Waals surface area contributed by atoms with E-state index < -0.39 is 5.97 Å². The first-order chi connectivity index (χ1) is 9.02. The van der Waals surface area contributed by atoms with Crippen LogP contribution in [0.3, 0.4) is 0 Å². The molecule has 100 valence electrons. The normalized spacial score (nSPS) is 10.7. The molecule has 0 unspecified atom stereocenters. The van der Waals surface area contributed by atoms with Crippen molar-refractivity contribution in [1.29, 1.82) is 0 Å². The summed E-state index contributed by atoms with van der Waals surface area (Å²) in [6.45, 7) is 4.16. The maximum atomic E-state index is 10.8. The minimum Gasteiger partial charge on any atom is -0.496 e. The molecule has 0 fully saturated rings. The molecule has 0 saturated heterocycles. The molecular formula is C14H15NO4. The van der Waals surface area contributed by atoms with Gasteiger partial charge in [0.15, 0.2) is 11.5 Å². The van der Waals surface area contributed by atoms with Crippen LogP contribution in [0.5, 0.6) is 5.75 Å². The van der Waals surface area contributed by atoms with Crippen LogP contribution in [0, 0.1) is 0 Å². The number of carboxylic acids is 1. The van der Waals surface area contributed by atoms with Gasteiger partial charge in [-0.1, -0.05) is 25.1 Å². The molecule has 19 heavy (non-hydrogen) atoms. The van der Waals surface area contributed by atoms with Gasteiger partial charge >= 0.3 is 5.97 Å². The Morgan fingerprint density at radius 1 is 1.37 bits per heavy atom. The van der Waals surface area contributed by atoms with Crippen LogP contribution >= 0.6 is 0 Å². The average Bonchev–Trinajstić information content (AvgIpc) is 2.87. The van der Waals surface area contributed by atoms with Gasteiger partial charge in [-0.3, -0.25) is 0 Å². The molecule has 0 aliphatic rings. The van der Waals surface area contributed by atoms with E-state index in [9.17, 15) is 4.79 Å². The third kappa shape index (κ3) is 2.59. The summed E-state index contributed by atoms with van der Waals surface area (Å²) < 4.78 is 10.3. The molecule has 0 spiro atoms. The molecule has 0 radical (unpaired) electrons. The predicted octanol–water partition coefficient (Wildman–Crippen LogP) is 3.17. The van der Waals surface area contributed by atoms with Crippen molar-refractivity contribution in [1.82, 2.24) is 5.16 Å². The van der Waals surface area contributed by atoms with Crippen LogP contribution in [0.1, 0.15) is 35.8 Å². The quantitative estimate of drug-likeness (QED) is 0.915. The van der Waals surface area contributed by atoms with E-state index in [2.05, 4.69) is 19.0 Å². The zero-order chi connectivity index (χ0) is 14.0. The maximum absolute atomic E-state index is 10.8. The Morgan fingerprint density at radius 3 is 2.63 bits per heavy atom. The molecule has 2 aromatic rings. The highest BCUT2D eigenvalue weighted by Gasteiger charge is 2.16. The van der Waals surface area contributed by atoms with Crippen molar-refractivity contribution in [3.63, 3.8) is 0 Å². The number of methoxy groups -OCH3 is 1. The lowest BCUT2D eigenvalue weighted by atomic mass is 9.99. The molecule has 1 aromatic heterocycles. The van der Waals surface area contributed by atoms with Crippen molar-refractivity contribution in [2.75, 3.05) is 7.11 Å². The lowest BCUT2D eigenvalue weighted by Gasteiger charge is -2.10. The van der Waals surface area contributed by atoms with Crippen LogP contribution in [-0.4, -0.2) is 23.3 Å². The number of hydrogen-bond donors (Lipinski definition) is 1. The van der Waals surface area contributed by atoms with Gasteiger partial charge in [-0.15, -0.1) is 0 Å². The smallest absolute Gasteiger partial charge is 0.358 e. The van der Waals surface area contributed by atoms with Crippen molar-refractivity contribution >= 4 is 5.97 Å². The molecule has 5 nitrogen and oxygen atoms in total. The van der Waals surface area contributed by atoms with Crippen molar-refractivity contribution < 1.29 is 19.2 Å². The summed E-state index contributed by atoms with van der Waals surface area (Å²) in [7, 11) is 1.56. The van der Waals surface area contributed by atoms with Gasteiger partial charge in [0.25, 0.3) is 0 Å². The Morgan fingerprint density at radius 2 is 2.11 bits per heavy atom. The third-order valence-corrected chi connectivity index (χ3v) is 2.88. The Labute approximate surface area is 110 Å². The Bertz CT molecular complexity index is 601. The van der Waals surface area contributed by atoms with E-state index in [1.54, 1.807) is 7.11 Å². The van der Waals surface area contributed by atoms with E-state index in [0.717, 1.165) is 5.56 Å². The zero-order valence-corrected chi connectivity index (χ0v) is 11.0. The summed E-state index contributed by atoms with van der Waals surface area (Å²) in [5.41, 5.74) is 1.70. The topological polar surface area (TPSA) is 72.6 Å². The summed E-state index contributed by atoms with van der Waals surface area (Å²) in [5, 5.41) is 12.4. The second kappa shape index (κ2) is 5.14. The monoisotopic (exact) mass is 261 g/mol. The van der Waals surface area contributed by atoms with E-state index in [1.165, 1.54) is 6.07 Å². The van der Waals surface area contributed by atoms with Gasteiger partial charge < -0.3 is 14.4 Å². The molecule has 0 saturated carbocycles. The minimum atomic E-state index is -1.12. The van der Waals surface area contributed by atoms with E-state index in [-0.39, 0.29) is 5.69 Å². The van der Waals surface area contributed by atoms with E-state index in [4.69, 9.17) is 14.4 Å². The lowest BCUT2D eigenvalue weighted by Crippen LogP contribution is -1.95. The zero-order valence-electron chi connectivity index (χ0n) is 11.0. The summed E-state index contributed by atoms with van der Waals surface area (Å²) >= 11 is 0. The third-order valence-electron chi connectivity index (χ3n) is 2.88. The first-order valence-corrected chi connectivity index (χ1v) is 5.91. The lowest BCUT2D eigenvalue weighted by molar-refractivity contribution is 0.0686. The molecular weight excluding hydrogens is 246 g/mol. The highest BCUT2D eigenvalue weighted by molar-refractivity contribution is 5.86. The van der Waals surface area contributed by atoms with Crippen molar-refractivity contribution in [3.8, 4) is 17.1 Å². The second-order valence-electron chi connectivity index (χ2n) is 4.50. The van der Waals surface area contributed by atoms with E-state index in [1.807, 2.05) is 18.2 Å². The Kier molecular flexibility index (Phi) is 3.55. The maximum Gasteiger partial charge on any atom is 0.358 e. The first-order valence-electron chi connectivity index (χ1n) is 5.91. The van der Waals surface area contributed by atoms with Crippen LogP contribution < -0.4 is 4.74 Å². The van der Waals surface area contributed by atoms with Gasteiger partial charge in [0, 0.05) is 6.07 Å². The number of aromatic carboxylic acids is 1. The van der Waals surface area contributed by atoms with E-state index >= 15 is 0 Å². The number of nitrogens with zero attached hydrogens (tertiary/aromatic N) is 1. The highest BCUT2D eigenvalue weighted by Crippen LogP contribution is 2.33. The minimum absolute atomic E-state index is 0.119. The number of carboxylic acid groups (broad SMARTS) is 1. The second-order valence-corrected chi connectivity index (χ2v) is 4.50. The fraction of sp³-hybridized carbons (Fsp3) is 0.286. The van der Waals surface area contributed by atoms with Gasteiger partial charge in [-0.25, -0.2) is 4.79 Å². The summed E-state index contributed by atoms with van der Waals surface area (Å²) in [5.74, 6) is 0.245. The number of benzene rings is 1. The molecule has 0 aliphatic heterocycles. The molecule has 0 atom stereocenters. The summed E-state index contributed by atoms with van der Waals surface area (Å²) in [6, 6.07) is 7.13. The molecule has 1 aromatic carbocycles. The average molecular weight is 261 g/mol. The predicted molar refractivity (Wildman–Crippen MR) is 69.5 cm³/mol. The molecule has 1 N–H and O–H groups in total. The summed E-state index contributed by atoms with van der Waals surface area (Å²) in [6.07, 6.45) is 0. The Hall–Kier alpha value is -2.30. The number of ether oxygens (including phenoxy) is 1. The van der Waals surface area contributed by atoms with Crippen molar-refractivity contribution in [2.24, 2.45) is 0 Å². The number of carbonyl (C=O) groups is 1. The SMILES string of the molecule is COc1ccc(C(C)C)cc1-c1cc(C(=O)O)no1. The standard InChI is InChI=1S/C14H15NO4/c1-8(2)9-4-5-12(18-3)10(6-9)13-7-11(14(16)17)15-19-13/h4-8H,1-3H3,(H,16,17). The van der Waals surface area contributed by atoms with Crippen LogP contribution in [0.25, 0.3) is 11.3 Å². The van der Waals surface area contributed by atoms with Gasteiger partial charge in [0.2, 0.25) is 0 Å². The van der Waals surface area contributed by atoms with Crippen molar-refractivity contribution in [3.05, 3.63) is 35.5 Å². The number of hydrogen-bond acceptors (Lipinski definition) is 4. The molecule has 0 bridgehead atoms. The largest absolute Gasteiger partial charge is 0.496 e. The van der Waals surface area contributed by atoms with Gasteiger partial charge in [-0.2, -0.15) is 0 Å². The summed E-state index contributed by atoms with van der Waals surface area (Å²) in [4.78, 5) is 10.8. The molecule has 1 heterocycles. The van der Waals surface area contributed by atoms with Gasteiger partial charge in [-0.05, 0) is 23.6 Å². The number of rotatable bonds is 4. The highest BCUT2D eigenvalue weighted by atomic mass is 16.5. The fourth-order valence-corrected chi connectivity index (χ4v) is 1.78. The molecule has 0 amide bonds.